The summed E-state index contributed by atoms with van der Waals surface area (Å²) in [6.07, 6.45) is 0. The van der Waals surface area contributed by atoms with Crippen LogP contribution >= 0.6 is 11.6 Å². The second-order valence-electron chi connectivity index (χ2n) is 4.57. The SMILES string of the molecule is COC(=O)c1cc2n(c1C(=O)OC)-c1ccccc1C2Cl. The van der Waals surface area contributed by atoms with E-state index >= 15 is 0 Å². The van der Waals surface area contributed by atoms with Crippen LogP contribution < -0.4 is 0 Å². The normalized spacial score (nSPS) is 15.3. The van der Waals surface area contributed by atoms with E-state index in [1.54, 1.807) is 10.6 Å². The largest absolute Gasteiger partial charge is 0.465 e. The number of hydrogen-bond acceptors (Lipinski definition) is 4. The zero-order chi connectivity index (χ0) is 15.1. The first-order valence-corrected chi connectivity index (χ1v) is 6.69. The maximum Gasteiger partial charge on any atom is 0.355 e. The van der Waals surface area contributed by atoms with E-state index < -0.39 is 17.3 Å². The summed E-state index contributed by atoms with van der Waals surface area (Å²) >= 11 is 6.43. The number of esters is 2. The molecule has 3 rings (SSSR count). The van der Waals surface area contributed by atoms with Crippen LogP contribution in [0.3, 0.4) is 0 Å². The number of nitrogens with zero attached hydrogens (tertiary/aromatic N) is 1. The molecular weight excluding hydrogens is 294 g/mol. The molecule has 108 valence electrons. The van der Waals surface area contributed by atoms with Crippen LogP contribution in [0.2, 0.25) is 0 Å². The van der Waals surface area contributed by atoms with Gasteiger partial charge in [0, 0.05) is 5.69 Å². The number of aromatic nitrogens is 1. The van der Waals surface area contributed by atoms with Gasteiger partial charge >= 0.3 is 11.9 Å². The summed E-state index contributed by atoms with van der Waals surface area (Å²) < 4.78 is 11.2. The Morgan fingerprint density at radius 1 is 1.14 bits per heavy atom. The molecule has 0 fully saturated rings. The molecule has 1 aliphatic rings. The topological polar surface area (TPSA) is 57.5 Å². The van der Waals surface area contributed by atoms with Gasteiger partial charge in [0.1, 0.15) is 11.1 Å². The number of ether oxygens (including phenoxy) is 2. The van der Waals surface area contributed by atoms with Crippen molar-refractivity contribution in [1.29, 1.82) is 0 Å². The van der Waals surface area contributed by atoms with E-state index in [0.717, 1.165) is 11.3 Å². The molecule has 0 saturated carbocycles. The van der Waals surface area contributed by atoms with Crippen LogP contribution in [0.25, 0.3) is 5.69 Å². The standard InChI is InChI=1S/C15H12ClNO4/c1-20-14(18)9-7-11-12(16)8-5-3-4-6-10(8)17(11)13(9)15(19)21-2/h3-7,12H,1-2H3. The lowest BCUT2D eigenvalue weighted by Crippen LogP contribution is -2.14. The van der Waals surface area contributed by atoms with Crippen molar-refractivity contribution >= 4 is 23.5 Å². The van der Waals surface area contributed by atoms with Crippen molar-refractivity contribution in [3.05, 3.63) is 52.8 Å². The highest BCUT2D eigenvalue weighted by Gasteiger charge is 2.35. The fraction of sp³-hybridized carbons (Fsp3) is 0.200. The molecule has 6 heteroatoms. The highest BCUT2D eigenvalue weighted by molar-refractivity contribution is 6.23. The average molecular weight is 306 g/mol. The predicted octanol–water partition coefficient (Wildman–Crippen LogP) is 2.69. The molecule has 0 aliphatic carbocycles. The van der Waals surface area contributed by atoms with Gasteiger partial charge < -0.3 is 14.0 Å². The summed E-state index contributed by atoms with van der Waals surface area (Å²) in [6, 6.07) is 9.03. The third-order valence-electron chi connectivity index (χ3n) is 3.52. The van der Waals surface area contributed by atoms with Crippen LogP contribution in [0.4, 0.5) is 0 Å². The maximum atomic E-state index is 12.1. The number of methoxy groups -OCH3 is 2. The van der Waals surface area contributed by atoms with Gasteiger partial charge in [0.25, 0.3) is 0 Å². The Labute approximate surface area is 126 Å². The van der Waals surface area contributed by atoms with Gasteiger partial charge in [-0.15, -0.1) is 11.6 Å². The lowest BCUT2D eigenvalue weighted by molar-refractivity contribution is 0.0549. The molecular formula is C15H12ClNO4. The van der Waals surface area contributed by atoms with Crippen LogP contribution in [0.15, 0.2) is 30.3 Å². The number of fused-ring (bicyclic) bond motifs is 3. The van der Waals surface area contributed by atoms with E-state index in [0.29, 0.717) is 5.69 Å². The van der Waals surface area contributed by atoms with Crippen LogP contribution in [-0.2, 0) is 9.47 Å². The summed E-state index contributed by atoms with van der Waals surface area (Å²) in [6.45, 7) is 0. The maximum absolute atomic E-state index is 12.1. The van der Waals surface area contributed by atoms with E-state index in [9.17, 15) is 9.59 Å². The highest BCUT2D eigenvalue weighted by Crippen LogP contribution is 2.43. The number of halogens is 1. The Morgan fingerprint density at radius 2 is 1.81 bits per heavy atom. The molecule has 1 aromatic heterocycles. The molecule has 0 amide bonds. The molecule has 0 radical (unpaired) electrons. The van der Waals surface area contributed by atoms with Crippen LogP contribution in [0.1, 0.15) is 37.5 Å². The van der Waals surface area contributed by atoms with E-state index in [1.807, 2.05) is 24.3 Å². The molecule has 0 N–H and O–H groups in total. The molecule has 1 atom stereocenters. The minimum Gasteiger partial charge on any atom is -0.465 e. The van der Waals surface area contributed by atoms with E-state index in [4.69, 9.17) is 21.1 Å². The fourth-order valence-corrected chi connectivity index (χ4v) is 2.95. The van der Waals surface area contributed by atoms with E-state index in [1.165, 1.54) is 14.2 Å². The van der Waals surface area contributed by atoms with Gasteiger partial charge in [-0.25, -0.2) is 9.59 Å². The predicted molar refractivity (Wildman–Crippen MR) is 76.1 cm³/mol. The minimum absolute atomic E-state index is 0.134. The first kappa shape index (κ1) is 13.7. The first-order chi connectivity index (χ1) is 10.1. The van der Waals surface area contributed by atoms with Crippen molar-refractivity contribution < 1.29 is 19.1 Å². The molecule has 1 aromatic carbocycles. The number of para-hydroxylation sites is 1. The molecule has 2 aromatic rings. The molecule has 0 spiro atoms. The molecule has 2 heterocycles. The minimum atomic E-state index is -0.609. The molecule has 1 unspecified atom stereocenters. The number of hydrogen-bond donors (Lipinski definition) is 0. The Morgan fingerprint density at radius 3 is 2.48 bits per heavy atom. The van der Waals surface area contributed by atoms with Crippen molar-refractivity contribution in [2.75, 3.05) is 14.2 Å². The van der Waals surface area contributed by atoms with Crippen molar-refractivity contribution in [2.45, 2.75) is 5.38 Å². The summed E-state index contributed by atoms with van der Waals surface area (Å²) in [4.78, 5) is 24.0. The van der Waals surface area contributed by atoms with Crippen LogP contribution in [0.5, 0.6) is 0 Å². The quantitative estimate of drug-likeness (QED) is 0.632. The average Bonchev–Trinajstić information content (AvgIpc) is 3.03. The molecule has 21 heavy (non-hydrogen) atoms. The van der Waals surface area contributed by atoms with Crippen LogP contribution in [-0.4, -0.2) is 30.7 Å². The van der Waals surface area contributed by atoms with Crippen molar-refractivity contribution in [3.8, 4) is 5.69 Å². The second kappa shape index (κ2) is 4.93. The zero-order valence-electron chi connectivity index (χ0n) is 11.4. The van der Waals surface area contributed by atoms with E-state index in [-0.39, 0.29) is 11.3 Å². The van der Waals surface area contributed by atoms with Crippen molar-refractivity contribution in [3.63, 3.8) is 0 Å². The third-order valence-corrected chi connectivity index (χ3v) is 3.98. The van der Waals surface area contributed by atoms with Gasteiger partial charge in [-0.1, -0.05) is 18.2 Å². The molecule has 0 saturated heterocycles. The number of rotatable bonds is 2. The monoisotopic (exact) mass is 305 g/mol. The third kappa shape index (κ3) is 1.85. The van der Waals surface area contributed by atoms with E-state index in [2.05, 4.69) is 0 Å². The Kier molecular flexibility index (Phi) is 3.22. The number of alkyl halides is 1. The highest BCUT2D eigenvalue weighted by atomic mass is 35.5. The van der Waals surface area contributed by atoms with Gasteiger partial charge in [-0.3, -0.25) is 0 Å². The molecule has 5 nitrogen and oxygen atoms in total. The summed E-state index contributed by atoms with van der Waals surface area (Å²) in [7, 11) is 2.53. The zero-order valence-corrected chi connectivity index (χ0v) is 12.2. The van der Waals surface area contributed by atoms with Crippen LogP contribution in [0, 0.1) is 0 Å². The van der Waals surface area contributed by atoms with Crippen molar-refractivity contribution in [2.24, 2.45) is 0 Å². The van der Waals surface area contributed by atoms with Gasteiger partial charge in [0.2, 0.25) is 0 Å². The first-order valence-electron chi connectivity index (χ1n) is 6.25. The Balaban J connectivity index is 2.32. The number of carbonyl (C=O) groups excluding carboxylic acids is 2. The number of carbonyl (C=O) groups is 2. The Bertz CT molecular complexity index is 750. The summed E-state index contributed by atoms with van der Waals surface area (Å²) in [5, 5.41) is -0.428. The van der Waals surface area contributed by atoms with Gasteiger partial charge in [-0.05, 0) is 17.7 Å². The number of benzene rings is 1. The second-order valence-corrected chi connectivity index (χ2v) is 5.01. The molecule has 0 bridgehead atoms. The molecule has 1 aliphatic heterocycles. The lowest BCUT2D eigenvalue weighted by Gasteiger charge is -2.08. The summed E-state index contributed by atoms with van der Waals surface area (Å²) in [5.41, 5.74) is 2.59. The lowest BCUT2D eigenvalue weighted by atomic mass is 10.1. The summed E-state index contributed by atoms with van der Waals surface area (Å²) in [5.74, 6) is -1.21. The van der Waals surface area contributed by atoms with Gasteiger partial charge in [0.05, 0.1) is 25.5 Å². The smallest absolute Gasteiger partial charge is 0.355 e. The van der Waals surface area contributed by atoms with Gasteiger partial charge in [0.15, 0.2) is 0 Å². The Hall–Kier alpha value is -2.27. The van der Waals surface area contributed by atoms with Crippen molar-refractivity contribution in [1.82, 2.24) is 4.57 Å². The fourth-order valence-electron chi connectivity index (χ4n) is 2.60. The van der Waals surface area contributed by atoms with Gasteiger partial charge in [-0.2, -0.15) is 0 Å².